The van der Waals surface area contributed by atoms with E-state index in [0.29, 0.717) is 38.2 Å². The quantitative estimate of drug-likeness (QED) is 0.630. The van der Waals surface area contributed by atoms with E-state index in [0.717, 1.165) is 31.4 Å². The molecule has 4 aliphatic rings. The van der Waals surface area contributed by atoms with Gasteiger partial charge in [0.2, 0.25) is 0 Å². The summed E-state index contributed by atoms with van der Waals surface area (Å²) in [6.45, 7) is 0.565. The van der Waals surface area contributed by atoms with Crippen molar-refractivity contribution in [1.29, 1.82) is 0 Å². The van der Waals surface area contributed by atoms with E-state index in [1.807, 2.05) is 6.20 Å². The number of hydrogen-bond acceptors (Lipinski definition) is 3. The van der Waals surface area contributed by atoms with Crippen molar-refractivity contribution < 1.29 is 27.1 Å². The van der Waals surface area contributed by atoms with Crippen LogP contribution in [0.3, 0.4) is 0 Å². The molecule has 0 spiro atoms. The Morgan fingerprint density at radius 3 is 2.55 bits per heavy atom. The van der Waals surface area contributed by atoms with Gasteiger partial charge in [0.1, 0.15) is 0 Å². The van der Waals surface area contributed by atoms with E-state index in [1.54, 1.807) is 0 Å². The van der Waals surface area contributed by atoms with Crippen LogP contribution >= 0.6 is 0 Å². The summed E-state index contributed by atoms with van der Waals surface area (Å²) < 4.78 is 58.1. The van der Waals surface area contributed by atoms with Crippen LogP contribution in [-0.2, 0) is 9.53 Å². The third-order valence-electron chi connectivity index (χ3n) is 7.18. The molecule has 29 heavy (non-hydrogen) atoms. The lowest BCUT2D eigenvalue weighted by Gasteiger charge is -2.34. The monoisotopic (exact) mass is 418 g/mol. The first-order valence-corrected chi connectivity index (χ1v) is 10.9. The van der Waals surface area contributed by atoms with E-state index in [9.17, 15) is 22.4 Å². The summed E-state index contributed by atoms with van der Waals surface area (Å²) in [5.74, 6) is -1.07. The van der Waals surface area contributed by atoms with Crippen LogP contribution < -0.4 is 10.6 Å². The number of carbonyl (C=O) groups is 1. The van der Waals surface area contributed by atoms with E-state index >= 15 is 0 Å². The molecular weight excluding hydrogens is 388 g/mol. The number of amides is 1. The maximum absolute atomic E-state index is 13.9. The van der Waals surface area contributed by atoms with Crippen LogP contribution in [0.15, 0.2) is 11.9 Å². The maximum Gasteiger partial charge on any atom is 0.391 e. The minimum Gasteiger partial charge on any atom is -0.386 e. The SMILES string of the molecule is O=C(NC1=CNC2CCC(CCOC3CCC(C(F)(F)F)CC3)CC12)C1(F)CC1. The second-order valence-corrected chi connectivity index (χ2v) is 9.25. The second-order valence-electron chi connectivity index (χ2n) is 9.25. The van der Waals surface area contributed by atoms with Gasteiger partial charge in [0.25, 0.3) is 5.91 Å². The molecule has 0 aromatic carbocycles. The molecule has 2 N–H and O–H groups in total. The topological polar surface area (TPSA) is 50.4 Å². The van der Waals surface area contributed by atoms with Crippen LogP contribution in [0, 0.1) is 17.8 Å². The second kappa shape index (κ2) is 8.08. The Balaban J connectivity index is 1.18. The lowest BCUT2D eigenvalue weighted by Crippen LogP contribution is -2.39. The van der Waals surface area contributed by atoms with Gasteiger partial charge in [0.05, 0.1) is 12.0 Å². The molecule has 4 rings (SSSR count). The zero-order chi connectivity index (χ0) is 20.6. The summed E-state index contributed by atoms with van der Waals surface area (Å²) in [5.41, 5.74) is -0.883. The third-order valence-corrected chi connectivity index (χ3v) is 7.18. The molecule has 1 heterocycles. The summed E-state index contributed by atoms with van der Waals surface area (Å²) in [7, 11) is 0. The molecule has 0 aromatic heterocycles. The highest BCUT2D eigenvalue weighted by Gasteiger charge is 2.51. The predicted octanol–water partition coefficient (Wildman–Crippen LogP) is 4.36. The van der Waals surface area contributed by atoms with Crippen molar-refractivity contribution in [2.24, 2.45) is 17.8 Å². The van der Waals surface area contributed by atoms with Crippen molar-refractivity contribution in [3.8, 4) is 0 Å². The molecule has 164 valence electrons. The molecule has 8 heteroatoms. The molecule has 3 aliphatic carbocycles. The number of rotatable bonds is 6. The number of ether oxygens (including phenoxy) is 1. The number of hydrogen-bond donors (Lipinski definition) is 2. The van der Waals surface area contributed by atoms with Crippen LogP contribution in [0.25, 0.3) is 0 Å². The number of halogens is 4. The zero-order valence-corrected chi connectivity index (χ0v) is 16.6. The summed E-state index contributed by atoms with van der Waals surface area (Å²) >= 11 is 0. The summed E-state index contributed by atoms with van der Waals surface area (Å²) in [6, 6.07) is 0.287. The molecule has 3 atom stereocenters. The largest absolute Gasteiger partial charge is 0.391 e. The first kappa shape index (κ1) is 20.9. The smallest absolute Gasteiger partial charge is 0.386 e. The fourth-order valence-electron chi connectivity index (χ4n) is 5.03. The highest BCUT2D eigenvalue weighted by Crippen LogP contribution is 2.42. The lowest BCUT2D eigenvalue weighted by molar-refractivity contribution is -0.187. The van der Waals surface area contributed by atoms with Crippen LogP contribution in [0.4, 0.5) is 17.6 Å². The van der Waals surface area contributed by atoms with Gasteiger partial charge in [-0.15, -0.1) is 0 Å². The van der Waals surface area contributed by atoms with Crippen LogP contribution in [-0.4, -0.2) is 36.5 Å². The van der Waals surface area contributed by atoms with Gasteiger partial charge in [0, 0.05) is 30.5 Å². The number of nitrogens with one attached hydrogen (secondary N) is 2. The van der Waals surface area contributed by atoms with E-state index in [2.05, 4.69) is 10.6 Å². The van der Waals surface area contributed by atoms with Gasteiger partial charge in [-0.05, 0) is 70.1 Å². The van der Waals surface area contributed by atoms with E-state index in [-0.39, 0.29) is 30.9 Å². The molecule has 3 fully saturated rings. The fourth-order valence-corrected chi connectivity index (χ4v) is 5.03. The lowest BCUT2D eigenvalue weighted by atomic mass is 9.77. The van der Waals surface area contributed by atoms with E-state index in [4.69, 9.17) is 4.74 Å². The molecule has 0 radical (unpaired) electrons. The third kappa shape index (κ3) is 4.89. The minimum atomic E-state index is -4.08. The van der Waals surface area contributed by atoms with Gasteiger partial charge in [-0.25, -0.2) is 4.39 Å². The van der Waals surface area contributed by atoms with Gasteiger partial charge < -0.3 is 15.4 Å². The van der Waals surface area contributed by atoms with Crippen LogP contribution in [0.1, 0.15) is 64.2 Å². The van der Waals surface area contributed by atoms with Crippen molar-refractivity contribution in [2.75, 3.05) is 6.61 Å². The number of fused-ring (bicyclic) bond motifs is 1. The first-order valence-electron chi connectivity index (χ1n) is 10.9. The van der Waals surface area contributed by atoms with Gasteiger partial charge in [0.15, 0.2) is 5.67 Å². The van der Waals surface area contributed by atoms with Crippen LogP contribution in [0.2, 0.25) is 0 Å². The predicted molar refractivity (Wildman–Crippen MR) is 99.4 cm³/mol. The van der Waals surface area contributed by atoms with Crippen molar-refractivity contribution in [2.45, 2.75) is 88.2 Å². The molecule has 0 aromatic rings. The standard InChI is InChI=1S/C21H30F4N2O2/c22-20(8-9-20)19(28)27-18-12-26-17-6-1-13(11-16(17)18)7-10-29-15-4-2-14(3-5-15)21(23,24)25/h12-17,26H,1-11H2,(H,27,28). The summed E-state index contributed by atoms with van der Waals surface area (Å²) in [5, 5.41) is 6.09. The van der Waals surface area contributed by atoms with Gasteiger partial charge in [-0.1, -0.05) is 0 Å². The molecule has 4 nitrogen and oxygen atoms in total. The Bertz CT molecular complexity index is 639. The Morgan fingerprint density at radius 2 is 1.90 bits per heavy atom. The fraction of sp³-hybridized carbons (Fsp3) is 0.857. The number of carbonyl (C=O) groups excluding carboxylic acids is 1. The number of alkyl halides is 4. The Hall–Kier alpha value is -1.31. The van der Waals surface area contributed by atoms with Gasteiger partial charge >= 0.3 is 6.18 Å². The average molecular weight is 418 g/mol. The van der Waals surface area contributed by atoms with E-state index in [1.165, 1.54) is 0 Å². The molecule has 0 bridgehead atoms. The van der Waals surface area contributed by atoms with Crippen molar-refractivity contribution in [3.05, 3.63) is 11.9 Å². The summed E-state index contributed by atoms with van der Waals surface area (Å²) in [6.07, 6.45) is 3.39. The highest BCUT2D eigenvalue weighted by molar-refractivity contribution is 5.89. The molecule has 0 saturated heterocycles. The van der Waals surface area contributed by atoms with E-state index < -0.39 is 23.7 Å². The van der Waals surface area contributed by atoms with Gasteiger partial charge in [-0.2, -0.15) is 13.2 Å². The molecule has 1 amide bonds. The first-order chi connectivity index (χ1) is 13.7. The Kier molecular flexibility index (Phi) is 5.84. The van der Waals surface area contributed by atoms with Crippen molar-refractivity contribution in [1.82, 2.24) is 10.6 Å². The molecule has 3 unspecified atom stereocenters. The normalized spacial score (nSPS) is 36.0. The highest BCUT2D eigenvalue weighted by atomic mass is 19.4. The van der Waals surface area contributed by atoms with Crippen LogP contribution in [0.5, 0.6) is 0 Å². The minimum absolute atomic E-state index is 0.0629. The Morgan fingerprint density at radius 1 is 1.17 bits per heavy atom. The molecular formula is C21H30F4N2O2. The average Bonchev–Trinajstić information content (AvgIpc) is 3.32. The van der Waals surface area contributed by atoms with Crippen molar-refractivity contribution >= 4 is 5.91 Å². The summed E-state index contributed by atoms with van der Waals surface area (Å²) in [4.78, 5) is 12.0. The Labute approximate surface area is 168 Å². The molecule has 3 saturated carbocycles. The maximum atomic E-state index is 13.9. The zero-order valence-electron chi connectivity index (χ0n) is 16.6. The van der Waals surface area contributed by atoms with Crippen molar-refractivity contribution in [3.63, 3.8) is 0 Å². The molecule has 1 aliphatic heterocycles. The van der Waals surface area contributed by atoms with Gasteiger partial charge in [-0.3, -0.25) is 4.79 Å².